The Hall–Kier alpha value is -1.75. The number of aryl methyl sites for hydroxylation is 2. The fraction of sp³-hybridized carbons (Fsp3) is 0.588. The minimum absolute atomic E-state index is 0.117. The molecule has 1 fully saturated rings. The highest BCUT2D eigenvalue weighted by Crippen LogP contribution is 2.38. The SMILES string of the molecule is CNC1(c2nnnn2-c2cc(C)cc(C)c2)CCC(C)CC1. The Kier molecular flexibility index (Phi) is 4.00. The van der Waals surface area contributed by atoms with E-state index in [0.717, 1.165) is 30.3 Å². The minimum Gasteiger partial charge on any atom is -0.308 e. The quantitative estimate of drug-likeness (QED) is 0.947. The average Bonchev–Trinajstić information content (AvgIpc) is 2.98. The van der Waals surface area contributed by atoms with Gasteiger partial charge in [0.2, 0.25) is 0 Å². The van der Waals surface area contributed by atoms with Gasteiger partial charge in [0.15, 0.2) is 5.82 Å². The molecule has 1 aliphatic carbocycles. The fourth-order valence-corrected chi connectivity index (χ4v) is 3.57. The molecule has 2 aromatic rings. The van der Waals surface area contributed by atoms with Crippen LogP contribution in [0.4, 0.5) is 0 Å². The molecule has 1 aromatic carbocycles. The zero-order chi connectivity index (χ0) is 15.7. The molecule has 0 aliphatic heterocycles. The summed E-state index contributed by atoms with van der Waals surface area (Å²) < 4.78 is 1.91. The zero-order valence-corrected chi connectivity index (χ0v) is 13.9. The summed E-state index contributed by atoms with van der Waals surface area (Å²) in [4.78, 5) is 0. The highest BCUT2D eigenvalue weighted by atomic mass is 15.6. The summed E-state index contributed by atoms with van der Waals surface area (Å²) in [6, 6.07) is 6.45. The van der Waals surface area contributed by atoms with E-state index in [1.807, 2.05) is 11.7 Å². The van der Waals surface area contributed by atoms with E-state index >= 15 is 0 Å². The maximum atomic E-state index is 4.38. The molecule has 3 rings (SSSR count). The molecule has 1 saturated carbocycles. The largest absolute Gasteiger partial charge is 0.308 e. The molecule has 118 valence electrons. The average molecular weight is 299 g/mol. The first-order chi connectivity index (χ1) is 10.5. The summed E-state index contributed by atoms with van der Waals surface area (Å²) in [5, 5.41) is 16.1. The van der Waals surface area contributed by atoms with Crippen LogP contribution in [0.3, 0.4) is 0 Å². The van der Waals surface area contributed by atoms with E-state index in [-0.39, 0.29) is 5.54 Å². The van der Waals surface area contributed by atoms with Gasteiger partial charge >= 0.3 is 0 Å². The van der Waals surface area contributed by atoms with Gasteiger partial charge in [0, 0.05) is 0 Å². The van der Waals surface area contributed by atoms with Crippen LogP contribution < -0.4 is 5.32 Å². The molecule has 1 aromatic heterocycles. The summed E-state index contributed by atoms with van der Waals surface area (Å²) >= 11 is 0. The molecule has 5 nitrogen and oxygen atoms in total. The van der Waals surface area contributed by atoms with Gasteiger partial charge in [0.1, 0.15) is 0 Å². The highest BCUT2D eigenvalue weighted by molar-refractivity contribution is 5.39. The van der Waals surface area contributed by atoms with Gasteiger partial charge in [0.25, 0.3) is 0 Å². The first kappa shape index (κ1) is 15.2. The maximum Gasteiger partial charge on any atom is 0.176 e. The van der Waals surface area contributed by atoms with E-state index in [9.17, 15) is 0 Å². The van der Waals surface area contributed by atoms with Crippen LogP contribution in [0.25, 0.3) is 5.69 Å². The number of rotatable bonds is 3. The first-order valence-electron chi connectivity index (χ1n) is 8.10. The third kappa shape index (κ3) is 2.65. The van der Waals surface area contributed by atoms with Gasteiger partial charge in [-0.3, -0.25) is 0 Å². The van der Waals surface area contributed by atoms with Crippen molar-refractivity contribution in [1.82, 2.24) is 25.5 Å². The highest BCUT2D eigenvalue weighted by Gasteiger charge is 2.39. The normalized spacial score (nSPS) is 25.4. The van der Waals surface area contributed by atoms with Gasteiger partial charge < -0.3 is 5.32 Å². The predicted octanol–water partition coefficient (Wildman–Crippen LogP) is 2.90. The number of aromatic nitrogens is 4. The Morgan fingerprint density at radius 3 is 2.36 bits per heavy atom. The second-order valence-corrected chi connectivity index (χ2v) is 6.77. The van der Waals surface area contributed by atoms with Gasteiger partial charge in [-0.2, -0.15) is 4.68 Å². The first-order valence-corrected chi connectivity index (χ1v) is 8.10. The number of hydrogen-bond acceptors (Lipinski definition) is 4. The molecule has 0 spiro atoms. The van der Waals surface area contributed by atoms with Crippen LogP contribution in [-0.2, 0) is 5.54 Å². The van der Waals surface area contributed by atoms with Crippen molar-refractivity contribution < 1.29 is 0 Å². The fourth-order valence-electron chi connectivity index (χ4n) is 3.57. The Bertz CT molecular complexity index is 633. The molecule has 0 unspecified atom stereocenters. The van der Waals surface area contributed by atoms with Crippen LogP contribution in [0.1, 0.15) is 49.6 Å². The lowest BCUT2D eigenvalue weighted by Crippen LogP contribution is -2.45. The summed E-state index contributed by atoms with van der Waals surface area (Å²) in [7, 11) is 2.02. The molecule has 0 bridgehead atoms. The molecule has 1 N–H and O–H groups in total. The summed E-state index contributed by atoms with van der Waals surface area (Å²) in [6.07, 6.45) is 4.58. The second kappa shape index (κ2) is 5.80. The smallest absolute Gasteiger partial charge is 0.176 e. The molecule has 1 heterocycles. The number of tetrazole rings is 1. The van der Waals surface area contributed by atoms with Crippen molar-refractivity contribution in [3.63, 3.8) is 0 Å². The van der Waals surface area contributed by atoms with Gasteiger partial charge in [0.05, 0.1) is 11.2 Å². The number of benzene rings is 1. The summed E-state index contributed by atoms with van der Waals surface area (Å²) in [6.45, 7) is 6.54. The van der Waals surface area contributed by atoms with E-state index in [4.69, 9.17) is 0 Å². The lowest BCUT2D eigenvalue weighted by molar-refractivity contribution is 0.194. The van der Waals surface area contributed by atoms with Crippen molar-refractivity contribution in [2.75, 3.05) is 7.05 Å². The summed E-state index contributed by atoms with van der Waals surface area (Å²) in [5.41, 5.74) is 3.39. The molecular weight excluding hydrogens is 274 g/mol. The Morgan fingerprint density at radius 1 is 1.14 bits per heavy atom. The molecule has 5 heteroatoms. The van der Waals surface area contributed by atoms with E-state index in [1.165, 1.54) is 24.0 Å². The lowest BCUT2D eigenvalue weighted by atomic mass is 9.76. The van der Waals surface area contributed by atoms with Crippen LogP contribution in [-0.4, -0.2) is 27.3 Å². The van der Waals surface area contributed by atoms with Crippen LogP contribution in [0.2, 0.25) is 0 Å². The second-order valence-electron chi connectivity index (χ2n) is 6.77. The Labute approximate surface area is 132 Å². The van der Waals surface area contributed by atoms with Crippen LogP contribution >= 0.6 is 0 Å². The van der Waals surface area contributed by atoms with Crippen molar-refractivity contribution in [3.05, 3.63) is 35.2 Å². The van der Waals surface area contributed by atoms with Crippen molar-refractivity contribution in [1.29, 1.82) is 0 Å². The third-order valence-corrected chi connectivity index (χ3v) is 4.95. The molecular formula is C17H25N5. The van der Waals surface area contributed by atoms with Gasteiger partial charge in [-0.25, -0.2) is 0 Å². The molecule has 22 heavy (non-hydrogen) atoms. The molecule has 0 saturated heterocycles. The lowest BCUT2D eigenvalue weighted by Gasteiger charge is -2.38. The topological polar surface area (TPSA) is 55.6 Å². The van der Waals surface area contributed by atoms with Gasteiger partial charge in [-0.15, -0.1) is 5.10 Å². The van der Waals surface area contributed by atoms with E-state index < -0.39 is 0 Å². The monoisotopic (exact) mass is 299 g/mol. The predicted molar refractivity (Wildman–Crippen MR) is 87.0 cm³/mol. The van der Waals surface area contributed by atoms with Crippen molar-refractivity contribution in [3.8, 4) is 5.69 Å². The number of nitrogens with zero attached hydrogens (tertiary/aromatic N) is 4. The molecule has 0 amide bonds. The molecule has 0 atom stereocenters. The number of hydrogen-bond donors (Lipinski definition) is 1. The number of nitrogens with one attached hydrogen (secondary N) is 1. The summed E-state index contributed by atoms with van der Waals surface area (Å²) in [5.74, 6) is 1.72. The third-order valence-electron chi connectivity index (χ3n) is 4.95. The van der Waals surface area contributed by atoms with E-state index in [2.05, 4.69) is 59.8 Å². The van der Waals surface area contributed by atoms with Gasteiger partial charge in [-0.05, 0) is 86.2 Å². The van der Waals surface area contributed by atoms with Crippen molar-refractivity contribution in [2.45, 2.75) is 52.0 Å². The zero-order valence-electron chi connectivity index (χ0n) is 13.9. The Morgan fingerprint density at radius 2 is 1.77 bits per heavy atom. The van der Waals surface area contributed by atoms with Crippen LogP contribution in [0.15, 0.2) is 18.2 Å². The van der Waals surface area contributed by atoms with E-state index in [1.54, 1.807) is 0 Å². The molecule has 0 radical (unpaired) electrons. The van der Waals surface area contributed by atoms with E-state index in [0.29, 0.717) is 0 Å². The van der Waals surface area contributed by atoms with Crippen LogP contribution in [0, 0.1) is 19.8 Å². The van der Waals surface area contributed by atoms with Crippen molar-refractivity contribution in [2.24, 2.45) is 5.92 Å². The van der Waals surface area contributed by atoms with Gasteiger partial charge in [-0.1, -0.05) is 13.0 Å². The minimum atomic E-state index is -0.117. The maximum absolute atomic E-state index is 4.38. The Balaban J connectivity index is 2.04. The molecule has 1 aliphatic rings. The standard InChI is InChI=1S/C17H25N5/c1-12-5-7-17(18-4,8-6-12)16-19-20-21-22(16)15-10-13(2)9-14(3)11-15/h9-12,18H,5-8H2,1-4H3. The van der Waals surface area contributed by atoms with Crippen LogP contribution in [0.5, 0.6) is 0 Å². The van der Waals surface area contributed by atoms with Crippen molar-refractivity contribution >= 4 is 0 Å².